The van der Waals surface area contributed by atoms with Gasteiger partial charge in [-0.25, -0.2) is 22.0 Å². The van der Waals surface area contributed by atoms with Crippen molar-refractivity contribution in [3.05, 3.63) is 58.4 Å². The highest BCUT2D eigenvalue weighted by Gasteiger charge is 2.26. The maximum absolute atomic E-state index is 13.6. The van der Waals surface area contributed by atoms with Gasteiger partial charge in [0, 0.05) is 11.1 Å². The third-order valence-electron chi connectivity index (χ3n) is 2.84. The van der Waals surface area contributed by atoms with Crippen LogP contribution in [0.4, 0.5) is 22.0 Å². The number of hydrogen-bond donors (Lipinski definition) is 0. The Morgan fingerprint density at radius 2 is 1.14 bits per heavy atom. The van der Waals surface area contributed by atoms with Gasteiger partial charge in [0.05, 0.1) is 5.56 Å². The average molecular weight is 300 g/mol. The molecule has 0 atom stereocenters. The summed E-state index contributed by atoms with van der Waals surface area (Å²) in [7, 11) is 0. The first-order chi connectivity index (χ1) is 9.92. The summed E-state index contributed by atoms with van der Waals surface area (Å²) in [5, 5.41) is 0. The third kappa shape index (κ3) is 2.31. The van der Waals surface area contributed by atoms with Crippen molar-refractivity contribution >= 4 is 12.6 Å². The van der Waals surface area contributed by atoms with Crippen LogP contribution in [-0.4, -0.2) is 12.6 Å². The minimum absolute atomic E-state index is 0.0716. The van der Waals surface area contributed by atoms with Crippen molar-refractivity contribution in [1.82, 2.24) is 0 Å². The van der Waals surface area contributed by atoms with Gasteiger partial charge in [-0.1, -0.05) is 12.1 Å². The lowest BCUT2D eigenvalue weighted by molar-refractivity contribution is 0.109. The summed E-state index contributed by atoms with van der Waals surface area (Å²) in [6.07, 6.45) is 0.561. The molecule has 2 aromatic carbocycles. The number of carbonyl (C=O) groups excluding carboxylic acids is 2. The third-order valence-corrected chi connectivity index (χ3v) is 2.84. The van der Waals surface area contributed by atoms with E-state index in [9.17, 15) is 31.5 Å². The monoisotopic (exact) mass is 300 g/mol. The molecule has 0 aliphatic heterocycles. The standard InChI is InChI=1S/C14H5F5O2/c15-10-9(11(16)13(18)14(19)12(10)17)6-1-2-7(4-20)8(3-6)5-21/h1-5H. The second kappa shape index (κ2) is 5.43. The largest absolute Gasteiger partial charge is 0.298 e. The van der Waals surface area contributed by atoms with Crippen molar-refractivity contribution in [2.24, 2.45) is 0 Å². The second-order valence-corrected chi connectivity index (χ2v) is 4.02. The number of carbonyl (C=O) groups is 2. The molecule has 0 bridgehead atoms. The summed E-state index contributed by atoms with van der Waals surface area (Å²) in [6.45, 7) is 0. The van der Waals surface area contributed by atoms with Gasteiger partial charge in [0.1, 0.15) is 0 Å². The number of benzene rings is 2. The molecule has 0 unspecified atom stereocenters. The molecule has 0 amide bonds. The van der Waals surface area contributed by atoms with E-state index in [1.54, 1.807) is 0 Å². The average Bonchev–Trinajstić information content (AvgIpc) is 2.51. The van der Waals surface area contributed by atoms with Crippen LogP contribution in [0.25, 0.3) is 11.1 Å². The highest BCUT2D eigenvalue weighted by Crippen LogP contribution is 2.32. The Morgan fingerprint density at radius 1 is 0.667 bits per heavy atom. The summed E-state index contributed by atoms with van der Waals surface area (Å²) in [5.74, 6) is -10.5. The molecule has 0 aromatic heterocycles. The fourth-order valence-corrected chi connectivity index (χ4v) is 1.80. The molecule has 2 rings (SSSR count). The molecule has 2 aromatic rings. The van der Waals surface area contributed by atoms with Crippen LogP contribution < -0.4 is 0 Å². The SMILES string of the molecule is O=Cc1ccc(-c2c(F)c(F)c(F)c(F)c2F)cc1C=O. The molecule has 2 nitrogen and oxygen atoms in total. The van der Waals surface area contributed by atoms with Crippen molar-refractivity contribution < 1.29 is 31.5 Å². The summed E-state index contributed by atoms with van der Waals surface area (Å²) < 4.78 is 66.5. The molecule has 0 N–H and O–H groups in total. The molecule has 0 heterocycles. The van der Waals surface area contributed by atoms with Gasteiger partial charge in [0.25, 0.3) is 0 Å². The van der Waals surface area contributed by atoms with Gasteiger partial charge >= 0.3 is 0 Å². The van der Waals surface area contributed by atoms with E-state index in [1.807, 2.05) is 0 Å². The molecule has 0 spiro atoms. The van der Waals surface area contributed by atoms with Gasteiger partial charge < -0.3 is 0 Å². The molecule has 108 valence electrons. The Labute approximate surface area is 114 Å². The van der Waals surface area contributed by atoms with Gasteiger partial charge in [-0.15, -0.1) is 0 Å². The van der Waals surface area contributed by atoms with Crippen LogP contribution in [0.5, 0.6) is 0 Å². The zero-order chi connectivity index (χ0) is 15.7. The molecule has 0 saturated heterocycles. The maximum Gasteiger partial charge on any atom is 0.200 e. The molecule has 7 heteroatoms. The lowest BCUT2D eigenvalue weighted by Gasteiger charge is -2.09. The fourth-order valence-electron chi connectivity index (χ4n) is 1.80. The second-order valence-electron chi connectivity index (χ2n) is 4.02. The fraction of sp³-hybridized carbons (Fsp3) is 0. The first-order valence-corrected chi connectivity index (χ1v) is 5.48. The quantitative estimate of drug-likeness (QED) is 0.375. The highest BCUT2D eigenvalue weighted by molar-refractivity contribution is 5.92. The Balaban J connectivity index is 2.79. The van der Waals surface area contributed by atoms with Crippen LogP contribution >= 0.6 is 0 Å². The van der Waals surface area contributed by atoms with Gasteiger partial charge in [-0.2, -0.15) is 0 Å². The van der Waals surface area contributed by atoms with E-state index in [-0.39, 0.29) is 17.4 Å². The van der Waals surface area contributed by atoms with E-state index in [0.29, 0.717) is 6.29 Å². The maximum atomic E-state index is 13.6. The van der Waals surface area contributed by atoms with Crippen LogP contribution in [0.15, 0.2) is 18.2 Å². The Hall–Kier alpha value is -2.57. The van der Waals surface area contributed by atoms with E-state index in [2.05, 4.69) is 0 Å². The zero-order valence-corrected chi connectivity index (χ0v) is 10.1. The van der Waals surface area contributed by atoms with Gasteiger partial charge in [-0.05, 0) is 11.6 Å². The predicted octanol–water partition coefficient (Wildman–Crippen LogP) is 3.67. The first-order valence-electron chi connectivity index (χ1n) is 5.48. The van der Waals surface area contributed by atoms with E-state index in [1.165, 1.54) is 0 Å². The van der Waals surface area contributed by atoms with Crippen LogP contribution in [0, 0.1) is 29.1 Å². The van der Waals surface area contributed by atoms with E-state index < -0.39 is 40.2 Å². The summed E-state index contributed by atoms with van der Waals surface area (Å²) >= 11 is 0. The summed E-state index contributed by atoms with van der Waals surface area (Å²) in [4.78, 5) is 21.4. The van der Waals surface area contributed by atoms with Crippen molar-refractivity contribution in [1.29, 1.82) is 0 Å². The topological polar surface area (TPSA) is 34.1 Å². The number of hydrogen-bond acceptors (Lipinski definition) is 2. The van der Waals surface area contributed by atoms with Gasteiger partial charge in [0.2, 0.25) is 5.82 Å². The predicted molar refractivity (Wildman–Crippen MR) is 62.4 cm³/mol. The lowest BCUT2D eigenvalue weighted by atomic mass is 9.99. The van der Waals surface area contributed by atoms with Crippen LogP contribution in [0.3, 0.4) is 0 Å². The Bertz CT molecular complexity index is 727. The Morgan fingerprint density at radius 3 is 1.62 bits per heavy atom. The lowest BCUT2D eigenvalue weighted by Crippen LogP contribution is -2.04. The minimum Gasteiger partial charge on any atom is -0.298 e. The van der Waals surface area contributed by atoms with Gasteiger partial charge in [0.15, 0.2) is 35.8 Å². The molecule has 21 heavy (non-hydrogen) atoms. The van der Waals surface area contributed by atoms with Crippen molar-refractivity contribution in [3.8, 4) is 11.1 Å². The summed E-state index contributed by atoms with van der Waals surface area (Å²) in [6, 6.07) is 2.90. The molecule has 0 aliphatic carbocycles. The highest BCUT2D eigenvalue weighted by atomic mass is 19.2. The number of rotatable bonds is 3. The Kier molecular flexibility index (Phi) is 3.84. The molecule has 0 fully saturated rings. The number of aldehydes is 2. The minimum atomic E-state index is -2.27. The number of halogens is 5. The smallest absolute Gasteiger partial charge is 0.200 e. The van der Waals surface area contributed by atoms with Gasteiger partial charge in [-0.3, -0.25) is 9.59 Å². The first kappa shape index (κ1) is 14.8. The van der Waals surface area contributed by atoms with E-state index in [4.69, 9.17) is 0 Å². The molecule has 0 aliphatic rings. The van der Waals surface area contributed by atoms with Crippen LogP contribution in [0.1, 0.15) is 20.7 Å². The summed E-state index contributed by atoms with van der Waals surface area (Å²) in [5.41, 5.74) is -1.87. The van der Waals surface area contributed by atoms with E-state index in [0.717, 1.165) is 18.2 Å². The van der Waals surface area contributed by atoms with E-state index >= 15 is 0 Å². The molecular weight excluding hydrogens is 295 g/mol. The normalized spacial score (nSPS) is 10.5. The molecule has 0 radical (unpaired) electrons. The van der Waals surface area contributed by atoms with Crippen LogP contribution in [-0.2, 0) is 0 Å². The molecular formula is C14H5F5O2. The van der Waals surface area contributed by atoms with Crippen molar-refractivity contribution in [3.63, 3.8) is 0 Å². The van der Waals surface area contributed by atoms with Crippen LogP contribution in [0.2, 0.25) is 0 Å². The van der Waals surface area contributed by atoms with Crippen molar-refractivity contribution in [2.75, 3.05) is 0 Å². The van der Waals surface area contributed by atoms with Crippen molar-refractivity contribution in [2.45, 2.75) is 0 Å². The molecule has 0 saturated carbocycles. The zero-order valence-electron chi connectivity index (χ0n) is 10.1.